The molecule has 0 saturated heterocycles. The number of thiocarbonyl (C=S) groups is 1. The summed E-state index contributed by atoms with van der Waals surface area (Å²) in [5.74, 6) is -1.23. The number of hydrogen-bond acceptors (Lipinski definition) is 10. The molecule has 0 radical (unpaired) electrons. The number of nitrogens with two attached hydrogens (primary N) is 1. The number of thiazole rings is 2. The van der Waals surface area contributed by atoms with Gasteiger partial charge in [-0.3, -0.25) is 9.59 Å². The number of carboxylic acid groups (broad SMARTS) is 1. The number of nitriles is 2. The Hall–Kier alpha value is -3.62. The second-order valence-corrected chi connectivity index (χ2v) is 13.7. The van der Waals surface area contributed by atoms with E-state index < -0.39 is 41.2 Å². The molecule has 59 heavy (non-hydrogen) atoms. The van der Waals surface area contributed by atoms with Crippen molar-refractivity contribution in [3.63, 3.8) is 0 Å². The summed E-state index contributed by atoms with van der Waals surface area (Å²) in [6.45, 7) is 0. The normalized spacial score (nSPS) is 10.5. The number of hydrogen-bond donors (Lipinski definition) is 2. The van der Waals surface area contributed by atoms with E-state index in [1.165, 1.54) is 59.1 Å². The summed E-state index contributed by atoms with van der Waals surface area (Å²) < 4.78 is 111. The minimum absolute atomic E-state index is 0. The fourth-order valence-corrected chi connectivity index (χ4v) is 5.82. The van der Waals surface area contributed by atoms with Crippen LogP contribution in [0.15, 0.2) is 83.6 Å². The first-order valence-electron chi connectivity index (χ1n) is 15.3. The molecular formula is C36H26BrF9KN5O4S3. The minimum atomic E-state index is -4.37. The summed E-state index contributed by atoms with van der Waals surface area (Å²) in [5.41, 5.74) is 5.25. The molecule has 2 heterocycles. The maximum Gasteiger partial charge on any atom is 1.00 e. The second kappa shape index (κ2) is 25.9. The van der Waals surface area contributed by atoms with Crippen LogP contribution in [0.2, 0.25) is 0 Å². The molecule has 4 N–H and O–H groups in total. The van der Waals surface area contributed by atoms with Gasteiger partial charge in [-0.1, -0.05) is 64.5 Å². The van der Waals surface area contributed by atoms with Gasteiger partial charge in [-0.15, -0.1) is 22.7 Å². The summed E-state index contributed by atoms with van der Waals surface area (Å²) in [4.78, 5) is 30.1. The van der Waals surface area contributed by atoms with E-state index in [0.717, 1.165) is 36.4 Å². The molecule has 308 valence electrons. The number of carboxylic acids is 1. The first kappa shape index (κ1) is 55.4. The van der Waals surface area contributed by atoms with Gasteiger partial charge in [0.1, 0.15) is 10.0 Å². The number of halogens is 10. The van der Waals surface area contributed by atoms with E-state index in [9.17, 15) is 49.1 Å². The van der Waals surface area contributed by atoms with Crippen molar-refractivity contribution in [2.24, 2.45) is 5.73 Å². The van der Waals surface area contributed by atoms with E-state index in [1.54, 1.807) is 16.8 Å². The Balaban J connectivity index is 0.000000794. The molecule has 0 unspecified atom stereocenters. The first-order chi connectivity index (χ1) is 26.6. The molecule has 0 spiro atoms. The van der Waals surface area contributed by atoms with Crippen LogP contribution in [0.3, 0.4) is 0 Å². The van der Waals surface area contributed by atoms with Crippen molar-refractivity contribution in [3.05, 3.63) is 116 Å². The fraction of sp³-hybridized carbons (Fsp3) is 0.194. The zero-order chi connectivity index (χ0) is 43.0. The number of nitrogens with zero attached hydrogens (tertiary/aromatic N) is 4. The van der Waals surface area contributed by atoms with Gasteiger partial charge in [0, 0.05) is 27.5 Å². The van der Waals surface area contributed by atoms with E-state index in [4.69, 9.17) is 21.4 Å². The number of rotatable bonds is 8. The summed E-state index contributed by atoms with van der Waals surface area (Å²) in [7, 11) is 0. The van der Waals surface area contributed by atoms with E-state index in [-0.39, 0.29) is 97.8 Å². The number of carbonyl (C=O) groups is 2. The quantitative estimate of drug-likeness (QED) is 0.0515. The molecule has 5 rings (SSSR count). The van der Waals surface area contributed by atoms with E-state index >= 15 is 0 Å². The Kier molecular flexibility index (Phi) is 24.3. The minimum Gasteiger partial charge on any atom is -0.870 e. The predicted molar refractivity (Wildman–Crippen MR) is 204 cm³/mol. The molecule has 5 aromatic rings. The molecule has 23 heteroatoms. The standard InChI is InChI=1S/C12H7F3N2S.C12H8F3NO2S.C9H6BrF3O.C3H4N2S.K.H2O/c13-12(14,15)9-3-1-8(2-4-9)10-7-18-11(17-10)5-6-16;13-12(14,15)8-3-1-7(2-4-8)9-6-19-10(16-9)5-11(17)18;10-5-8(14)6-1-3-7(4-2-6)9(11,12)13;4-2-1-3(5)6;;/h1-4,7H,5H2;1-4,6H,5H2,(H,17,18);1-4H,5H2;1H2,(H2,5,6);;1H2/q;;;;+1;/p-1. The van der Waals surface area contributed by atoms with Crippen LogP contribution < -0.4 is 57.1 Å². The Morgan fingerprint density at radius 1 is 0.712 bits per heavy atom. The van der Waals surface area contributed by atoms with Crippen molar-refractivity contribution in [2.75, 3.05) is 5.33 Å². The Morgan fingerprint density at radius 2 is 1.08 bits per heavy atom. The SMILES string of the molecule is N#CCC(N)=S.N#CCc1nc(-c2ccc(C(F)(F)F)cc2)cs1.O=C(CBr)c1ccc(C(F)(F)F)cc1.O=C(O)Cc1nc(-c2ccc(C(F)(F)F)cc2)cs1.[K+].[OH-]. The molecule has 0 aliphatic heterocycles. The smallest absolute Gasteiger partial charge is 0.870 e. The van der Waals surface area contributed by atoms with Crippen molar-refractivity contribution in [2.45, 2.75) is 37.8 Å². The van der Waals surface area contributed by atoms with Gasteiger partial charge in [-0.2, -0.15) is 50.0 Å². The summed E-state index contributed by atoms with van der Waals surface area (Å²) >= 11 is 9.78. The molecule has 2 aromatic heterocycles. The van der Waals surface area contributed by atoms with Crippen molar-refractivity contribution < 1.29 is 111 Å². The zero-order valence-electron chi connectivity index (χ0n) is 30.0. The number of ketones is 1. The molecule has 0 atom stereocenters. The first-order valence-corrected chi connectivity index (χ1v) is 18.6. The number of alkyl halides is 10. The van der Waals surface area contributed by atoms with Crippen LogP contribution in [0.5, 0.6) is 0 Å². The van der Waals surface area contributed by atoms with Crippen LogP contribution in [0.1, 0.15) is 43.5 Å². The maximum atomic E-state index is 12.4. The third kappa shape index (κ3) is 20.0. The van der Waals surface area contributed by atoms with Gasteiger partial charge < -0.3 is 16.3 Å². The van der Waals surface area contributed by atoms with Gasteiger partial charge in [-0.05, 0) is 36.4 Å². The van der Waals surface area contributed by atoms with E-state index in [2.05, 4.69) is 38.1 Å². The van der Waals surface area contributed by atoms with E-state index in [1.807, 2.05) is 6.07 Å². The monoisotopic (exact) mass is 977 g/mol. The molecule has 0 bridgehead atoms. The number of aromatic nitrogens is 2. The van der Waals surface area contributed by atoms with Crippen LogP contribution in [-0.4, -0.2) is 42.6 Å². The molecular weight excluding hydrogens is 953 g/mol. The van der Waals surface area contributed by atoms with Crippen molar-refractivity contribution in [1.82, 2.24) is 9.97 Å². The van der Waals surface area contributed by atoms with Crippen molar-refractivity contribution >= 4 is 67.6 Å². The average Bonchev–Trinajstić information content (AvgIpc) is 3.81. The zero-order valence-corrected chi connectivity index (χ0v) is 37.2. The van der Waals surface area contributed by atoms with Crippen LogP contribution >= 0.6 is 50.8 Å². The largest absolute Gasteiger partial charge is 1.00 e. The molecule has 0 aliphatic rings. The Bertz CT molecular complexity index is 2180. The third-order valence-electron chi connectivity index (χ3n) is 6.56. The van der Waals surface area contributed by atoms with E-state index in [0.29, 0.717) is 32.5 Å². The van der Waals surface area contributed by atoms with Crippen LogP contribution in [0.25, 0.3) is 22.5 Å². The Morgan fingerprint density at radius 3 is 1.39 bits per heavy atom. The molecule has 9 nitrogen and oxygen atoms in total. The topological polar surface area (TPSA) is 184 Å². The number of carbonyl (C=O) groups excluding carboxylic acids is 1. The van der Waals surface area contributed by atoms with Crippen LogP contribution in [0, 0.1) is 22.7 Å². The van der Waals surface area contributed by atoms with Gasteiger partial charge in [0.05, 0.1) is 69.8 Å². The third-order valence-corrected chi connectivity index (χ3v) is 8.91. The predicted octanol–water partition coefficient (Wildman–Crippen LogP) is 7.65. The molecule has 0 aliphatic carbocycles. The Labute approximate surface area is 394 Å². The van der Waals surface area contributed by atoms with Crippen molar-refractivity contribution in [3.8, 4) is 34.7 Å². The number of benzene rings is 3. The molecule has 3 aromatic carbocycles. The summed E-state index contributed by atoms with van der Waals surface area (Å²) in [6.07, 6.45) is -12.8. The van der Waals surface area contributed by atoms with Gasteiger partial charge in [0.15, 0.2) is 5.78 Å². The fourth-order valence-electron chi connectivity index (χ4n) is 3.91. The second-order valence-electron chi connectivity index (χ2n) is 10.7. The van der Waals surface area contributed by atoms with Crippen LogP contribution in [-0.2, 0) is 36.2 Å². The summed E-state index contributed by atoms with van der Waals surface area (Å²) in [5, 5.41) is 29.5. The number of aliphatic carboxylic acids is 1. The summed E-state index contributed by atoms with van der Waals surface area (Å²) in [6, 6.07) is 17.3. The van der Waals surface area contributed by atoms with Crippen molar-refractivity contribution in [1.29, 1.82) is 10.5 Å². The average molecular weight is 979 g/mol. The maximum absolute atomic E-state index is 12.4. The number of Topliss-reactive ketones (excluding diaryl/α,β-unsaturated/α-hetero) is 1. The molecule has 0 fully saturated rings. The van der Waals surface area contributed by atoms with Gasteiger partial charge in [-0.25, -0.2) is 9.97 Å². The molecule has 0 amide bonds. The van der Waals surface area contributed by atoms with Gasteiger partial charge in [0.2, 0.25) is 0 Å². The molecule has 0 saturated carbocycles. The van der Waals surface area contributed by atoms with Crippen LogP contribution in [0.4, 0.5) is 39.5 Å². The van der Waals surface area contributed by atoms with Gasteiger partial charge >= 0.3 is 75.9 Å². The van der Waals surface area contributed by atoms with Gasteiger partial charge in [0.25, 0.3) is 0 Å².